The minimum atomic E-state index is -0.447. The van der Waals surface area contributed by atoms with Crippen molar-refractivity contribution in [1.29, 1.82) is 0 Å². The minimum absolute atomic E-state index is 0. The fraction of sp³-hybridized carbons (Fsp3) is 0.360. The van der Waals surface area contributed by atoms with E-state index in [1.165, 1.54) is 11.6 Å². The van der Waals surface area contributed by atoms with Gasteiger partial charge in [-0.25, -0.2) is 4.98 Å². The second kappa shape index (κ2) is 13.2. The standard InChI is InChI=1S/C24H29Cl2N5O.CH4/c1-30-22-8-7-20(31(14-11-25)15-12-26)16-21(22)29-24(30)10-13-28-17-19-4-2-18(3-5-19)6-9-23(27)32;/h2-9,16,28H,10-15,17H2,1H3,(H2,27,32);1H4/b9-6+;. The molecule has 1 aromatic heterocycles. The van der Waals surface area contributed by atoms with E-state index in [1.54, 1.807) is 6.08 Å². The van der Waals surface area contributed by atoms with E-state index in [1.807, 2.05) is 24.3 Å². The van der Waals surface area contributed by atoms with Gasteiger partial charge in [-0.1, -0.05) is 31.7 Å². The molecular formula is C25H33Cl2N5O. The number of hydrogen-bond acceptors (Lipinski definition) is 4. The Morgan fingerprint density at radius 1 is 1.15 bits per heavy atom. The number of rotatable bonds is 12. The molecule has 2 aromatic carbocycles. The lowest BCUT2D eigenvalue weighted by atomic mass is 10.1. The van der Waals surface area contributed by atoms with E-state index in [-0.39, 0.29) is 7.43 Å². The zero-order valence-corrected chi connectivity index (χ0v) is 19.7. The van der Waals surface area contributed by atoms with Gasteiger partial charge in [-0.2, -0.15) is 0 Å². The topological polar surface area (TPSA) is 76.2 Å². The van der Waals surface area contributed by atoms with Crippen LogP contribution in [0.3, 0.4) is 0 Å². The van der Waals surface area contributed by atoms with E-state index < -0.39 is 5.91 Å². The van der Waals surface area contributed by atoms with Crippen LogP contribution in [0.4, 0.5) is 5.69 Å². The van der Waals surface area contributed by atoms with Crippen LogP contribution in [0.2, 0.25) is 0 Å². The smallest absolute Gasteiger partial charge is 0.241 e. The maximum atomic E-state index is 10.8. The molecule has 0 bridgehead atoms. The number of primary amides is 1. The molecule has 0 saturated heterocycles. The number of imidazole rings is 1. The predicted molar refractivity (Wildman–Crippen MR) is 141 cm³/mol. The number of hydrogen-bond donors (Lipinski definition) is 2. The Balaban J connectivity index is 0.00000385. The molecule has 3 rings (SSSR count). The number of halogens is 2. The third kappa shape index (κ3) is 7.49. The van der Waals surface area contributed by atoms with Crippen LogP contribution in [0.15, 0.2) is 48.5 Å². The van der Waals surface area contributed by atoms with Crippen LogP contribution in [0.1, 0.15) is 24.4 Å². The number of fused-ring (bicyclic) bond motifs is 1. The molecule has 0 atom stereocenters. The van der Waals surface area contributed by atoms with Crippen molar-refractivity contribution in [1.82, 2.24) is 14.9 Å². The summed E-state index contributed by atoms with van der Waals surface area (Å²) < 4.78 is 2.15. The molecule has 0 fully saturated rings. The van der Waals surface area contributed by atoms with Crippen molar-refractivity contribution in [2.75, 3.05) is 36.3 Å². The highest BCUT2D eigenvalue weighted by molar-refractivity contribution is 6.18. The molecule has 8 heteroatoms. The Kier molecular flexibility index (Phi) is 10.7. The first-order chi connectivity index (χ1) is 15.5. The molecule has 1 heterocycles. The number of carbonyl (C=O) groups is 1. The molecule has 33 heavy (non-hydrogen) atoms. The van der Waals surface area contributed by atoms with Gasteiger partial charge in [0.1, 0.15) is 5.82 Å². The summed E-state index contributed by atoms with van der Waals surface area (Å²) in [5.74, 6) is 1.71. The zero-order valence-electron chi connectivity index (χ0n) is 18.2. The number of aromatic nitrogens is 2. The number of alkyl halides is 2. The van der Waals surface area contributed by atoms with Gasteiger partial charge in [0.25, 0.3) is 0 Å². The van der Waals surface area contributed by atoms with Gasteiger partial charge < -0.3 is 20.5 Å². The lowest BCUT2D eigenvalue weighted by molar-refractivity contribution is -0.113. The Hall–Kier alpha value is -2.54. The lowest BCUT2D eigenvalue weighted by Gasteiger charge is -2.22. The van der Waals surface area contributed by atoms with E-state index in [2.05, 4.69) is 40.0 Å². The summed E-state index contributed by atoms with van der Waals surface area (Å²) in [7, 11) is 2.05. The summed E-state index contributed by atoms with van der Waals surface area (Å²) >= 11 is 11.9. The van der Waals surface area contributed by atoms with Crippen LogP contribution in [-0.4, -0.2) is 46.9 Å². The number of amides is 1. The van der Waals surface area contributed by atoms with Gasteiger partial charge in [-0.15, -0.1) is 23.2 Å². The molecule has 1 amide bonds. The fourth-order valence-electron chi connectivity index (χ4n) is 3.59. The van der Waals surface area contributed by atoms with Gasteiger partial charge in [0.05, 0.1) is 11.0 Å². The van der Waals surface area contributed by atoms with Gasteiger partial charge in [0.15, 0.2) is 0 Å². The van der Waals surface area contributed by atoms with Gasteiger partial charge in [0, 0.05) is 63.2 Å². The van der Waals surface area contributed by atoms with Gasteiger partial charge in [-0.05, 0) is 35.4 Å². The molecular weight excluding hydrogens is 457 g/mol. The quantitative estimate of drug-likeness (QED) is 0.225. The SMILES string of the molecule is C.Cn1c(CCNCc2ccc(/C=C/C(N)=O)cc2)nc2cc(N(CCCl)CCCl)ccc21. The molecule has 0 radical (unpaired) electrons. The first-order valence-electron chi connectivity index (χ1n) is 10.6. The number of nitrogens with two attached hydrogens (primary N) is 1. The second-order valence-corrected chi connectivity index (χ2v) is 8.29. The van der Waals surface area contributed by atoms with Crippen molar-refractivity contribution in [3.8, 4) is 0 Å². The van der Waals surface area contributed by atoms with Crippen molar-refractivity contribution in [3.63, 3.8) is 0 Å². The van der Waals surface area contributed by atoms with E-state index in [0.29, 0.717) is 11.8 Å². The molecule has 6 nitrogen and oxygen atoms in total. The molecule has 0 spiro atoms. The summed E-state index contributed by atoms with van der Waals surface area (Å²) in [5.41, 5.74) is 10.4. The van der Waals surface area contributed by atoms with E-state index >= 15 is 0 Å². The normalized spacial score (nSPS) is 11.1. The summed E-state index contributed by atoms with van der Waals surface area (Å²) in [6, 6.07) is 14.3. The maximum absolute atomic E-state index is 10.8. The van der Waals surface area contributed by atoms with Gasteiger partial charge in [-0.3, -0.25) is 4.79 Å². The highest BCUT2D eigenvalue weighted by atomic mass is 35.5. The minimum Gasteiger partial charge on any atom is -0.369 e. The Morgan fingerprint density at radius 2 is 1.85 bits per heavy atom. The highest BCUT2D eigenvalue weighted by Crippen LogP contribution is 2.23. The van der Waals surface area contributed by atoms with Crippen molar-refractivity contribution in [2.45, 2.75) is 20.4 Å². The van der Waals surface area contributed by atoms with Gasteiger partial charge in [0.2, 0.25) is 5.91 Å². The molecule has 0 aliphatic carbocycles. The van der Waals surface area contributed by atoms with E-state index in [0.717, 1.165) is 60.7 Å². The maximum Gasteiger partial charge on any atom is 0.241 e. The zero-order chi connectivity index (χ0) is 22.9. The first-order valence-corrected chi connectivity index (χ1v) is 11.7. The third-order valence-electron chi connectivity index (χ3n) is 5.31. The van der Waals surface area contributed by atoms with E-state index in [4.69, 9.17) is 33.9 Å². The first kappa shape index (κ1) is 26.7. The van der Waals surface area contributed by atoms with Crippen LogP contribution in [0.25, 0.3) is 17.1 Å². The van der Waals surface area contributed by atoms with Gasteiger partial charge >= 0.3 is 0 Å². The van der Waals surface area contributed by atoms with Crippen molar-refractivity contribution >= 4 is 51.9 Å². The summed E-state index contributed by atoms with van der Waals surface area (Å²) in [5, 5.41) is 3.47. The lowest BCUT2D eigenvalue weighted by Crippen LogP contribution is -2.27. The predicted octanol–water partition coefficient (Wildman–Crippen LogP) is 4.32. The number of benzene rings is 2. The summed E-state index contributed by atoms with van der Waals surface area (Å²) in [6.45, 7) is 3.09. The van der Waals surface area contributed by atoms with Crippen molar-refractivity contribution in [3.05, 3.63) is 65.5 Å². The van der Waals surface area contributed by atoms with Crippen molar-refractivity contribution < 1.29 is 4.79 Å². The average Bonchev–Trinajstić information content (AvgIpc) is 3.10. The molecule has 0 aliphatic heterocycles. The number of nitrogens with zero attached hydrogens (tertiary/aromatic N) is 3. The molecule has 0 aliphatic rings. The number of aryl methyl sites for hydroxylation is 1. The molecule has 3 N–H and O–H groups in total. The highest BCUT2D eigenvalue weighted by Gasteiger charge is 2.11. The van der Waals surface area contributed by atoms with Crippen LogP contribution >= 0.6 is 23.2 Å². The Morgan fingerprint density at radius 3 is 2.48 bits per heavy atom. The summed E-state index contributed by atoms with van der Waals surface area (Å²) in [4.78, 5) is 17.9. The average molecular weight is 490 g/mol. The number of anilines is 1. The Bertz CT molecular complexity index is 1060. The monoisotopic (exact) mass is 489 g/mol. The van der Waals surface area contributed by atoms with Crippen LogP contribution in [0, 0.1) is 0 Å². The Labute approximate surface area is 206 Å². The largest absolute Gasteiger partial charge is 0.369 e. The van der Waals surface area contributed by atoms with Crippen molar-refractivity contribution in [2.24, 2.45) is 12.8 Å². The second-order valence-electron chi connectivity index (χ2n) is 7.53. The molecule has 0 unspecified atom stereocenters. The van der Waals surface area contributed by atoms with Crippen LogP contribution in [-0.2, 0) is 24.8 Å². The fourth-order valence-corrected chi connectivity index (χ4v) is 4.00. The van der Waals surface area contributed by atoms with E-state index in [9.17, 15) is 4.79 Å². The molecule has 3 aromatic rings. The number of carbonyl (C=O) groups excluding carboxylic acids is 1. The third-order valence-corrected chi connectivity index (χ3v) is 5.64. The summed E-state index contributed by atoms with van der Waals surface area (Å²) in [6.07, 6.45) is 3.90. The molecule has 178 valence electrons. The van der Waals surface area contributed by atoms with Crippen LogP contribution in [0.5, 0.6) is 0 Å². The van der Waals surface area contributed by atoms with Crippen LogP contribution < -0.4 is 16.0 Å². The number of nitrogens with one attached hydrogen (secondary N) is 1. The molecule has 0 saturated carbocycles.